The molecule has 0 aromatic heterocycles. The minimum absolute atomic E-state index is 0.0578. The summed E-state index contributed by atoms with van der Waals surface area (Å²) in [5.74, 6) is 0.379. The van der Waals surface area contributed by atoms with Gasteiger partial charge in [-0.25, -0.2) is 0 Å². The molecule has 0 fully saturated rings. The van der Waals surface area contributed by atoms with Gasteiger partial charge in [-0.05, 0) is 12.5 Å². The Labute approximate surface area is 94.8 Å². The fourth-order valence-electron chi connectivity index (χ4n) is 1.99. The molecule has 1 aliphatic rings. The van der Waals surface area contributed by atoms with Crippen LogP contribution in [-0.2, 0) is 11.3 Å². The monoisotopic (exact) mass is 217 g/mol. The fourth-order valence-corrected chi connectivity index (χ4v) is 1.99. The average molecular weight is 217 g/mol. The van der Waals surface area contributed by atoms with Crippen LogP contribution in [-0.4, -0.2) is 29.7 Å². The van der Waals surface area contributed by atoms with E-state index in [2.05, 4.69) is 5.32 Å². The van der Waals surface area contributed by atoms with Crippen molar-refractivity contribution in [3.8, 4) is 0 Å². The molecule has 1 aromatic rings. The maximum atomic E-state index is 11.5. The number of fused-ring (bicyclic) bond motifs is 1. The van der Waals surface area contributed by atoms with Crippen molar-refractivity contribution in [2.24, 2.45) is 0 Å². The molecule has 0 spiro atoms. The quantitative estimate of drug-likeness (QED) is 0.775. The number of carbonyl (C=O) groups excluding carboxylic acids is 1. The fraction of sp³-hybridized carbons (Fsp3) is 0.333. The van der Waals surface area contributed by atoms with Gasteiger partial charge in [-0.1, -0.05) is 24.3 Å². The first-order valence-corrected chi connectivity index (χ1v) is 5.30. The summed E-state index contributed by atoms with van der Waals surface area (Å²) in [7, 11) is 1.62. The highest BCUT2D eigenvalue weighted by molar-refractivity contribution is 6.02. The van der Waals surface area contributed by atoms with Crippen molar-refractivity contribution in [3.05, 3.63) is 35.4 Å². The molecule has 1 heterocycles. The number of hydrogen-bond acceptors (Lipinski definition) is 2. The average Bonchev–Trinajstić information content (AvgIpc) is 2.65. The van der Waals surface area contributed by atoms with Crippen molar-refractivity contribution in [3.63, 3.8) is 0 Å². The third-order valence-corrected chi connectivity index (χ3v) is 2.99. The molecule has 1 aromatic carbocycles. The zero-order chi connectivity index (χ0) is 11.7. The first-order valence-electron chi connectivity index (χ1n) is 5.30. The van der Waals surface area contributed by atoms with Crippen molar-refractivity contribution in [1.29, 1.82) is 5.41 Å². The molecule has 0 radical (unpaired) electrons. The lowest BCUT2D eigenvalue weighted by Crippen LogP contribution is -2.44. The van der Waals surface area contributed by atoms with Crippen LogP contribution in [0.25, 0.3) is 0 Å². The molecule has 1 unspecified atom stereocenters. The molecule has 16 heavy (non-hydrogen) atoms. The molecule has 4 heteroatoms. The van der Waals surface area contributed by atoms with Gasteiger partial charge < -0.3 is 10.2 Å². The number of rotatable bonds is 2. The van der Waals surface area contributed by atoms with E-state index < -0.39 is 0 Å². The van der Waals surface area contributed by atoms with E-state index in [0.717, 1.165) is 11.1 Å². The van der Waals surface area contributed by atoms with Gasteiger partial charge in [-0.2, -0.15) is 0 Å². The maximum Gasteiger partial charge on any atom is 0.242 e. The van der Waals surface area contributed by atoms with Crippen molar-refractivity contribution in [2.45, 2.75) is 19.5 Å². The van der Waals surface area contributed by atoms with Crippen molar-refractivity contribution in [2.75, 3.05) is 7.05 Å². The van der Waals surface area contributed by atoms with E-state index in [1.807, 2.05) is 36.1 Å². The van der Waals surface area contributed by atoms with E-state index >= 15 is 0 Å². The summed E-state index contributed by atoms with van der Waals surface area (Å²) in [4.78, 5) is 13.4. The molecular formula is C12H15N3O. The van der Waals surface area contributed by atoms with Crippen LogP contribution < -0.4 is 5.32 Å². The van der Waals surface area contributed by atoms with Crippen LogP contribution in [0.3, 0.4) is 0 Å². The molecule has 1 atom stereocenters. The molecule has 1 aliphatic heterocycles. The van der Waals surface area contributed by atoms with Crippen LogP contribution in [0.5, 0.6) is 0 Å². The molecular weight excluding hydrogens is 202 g/mol. The molecule has 2 rings (SSSR count). The maximum absolute atomic E-state index is 11.5. The molecule has 0 saturated carbocycles. The van der Waals surface area contributed by atoms with Crippen molar-refractivity contribution >= 4 is 11.7 Å². The second kappa shape index (κ2) is 3.96. The van der Waals surface area contributed by atoms with E-state index in [4.69, 9.17) is 5.41 Å². The van der Waals surface area contributed by atoms with Gasteiger partial charge in [-0.15, -0.1) is 0 Å². The van der Waals surface area contributed by atoms with E-state index in [-0.39, 0.29) is 11.9 Å². The second-order valence-electron chi connectivity index (χ2n) is 3.92. The molecule has 1 amide bonds. The number of nitrogens with one attached hydrogen (secondary N) is 2. The number of amidine groups is 1. The van der Waals surface area contributed by atoms with Gasteiger partial charge in [0, 0.05) is 19.2 Å². The van der Waals surface area contributed by atoms with Crippen LogP contribution in [0.4, 0.5) is 0 Å². The molecule has 0 aliphatic carbocycles. The standard InChI is InChI=1S/C12H15N3O/c1-8(12(16)14-2)15-7-9-5-3-4-6-10(9)11(15)13/h3-6,8,13H,7H2,1-2H3,(H,14,16). The number of hydrogen-bond donors (Lipinski definition) is 2. The number of carbonyl (C=O) groups is 1. The zero-order valence-electron chi connectivity index (χ0n) is 9.45. The molecule has 0 bridgehead atoms. The van der Waals surface area contributed by atoms with E-state index in [1.165, 1.54) is 0 Å². The summed E-state index contributed by atoms with van der Waals surface area (Å²) in [5.41, 5.74) is 2.04. The minimum atomic E-state index is -0.301. The van der Waals surface area contributed by atoms with Gasteiger partial charge >= 0.3 is 0 Å². The lowest BCUT2D eigenvalue weighted by atomic mass is 10.1. The number of nitrogens with zero attached hydrogens (tertiary/aromatic N) is 1. The zero-order valence-corrected chi connectivity index (χ0v) is 9.45. The Morgan fingerprint density at radius 3 is 2.81 bits per heavy atom. The largest absolute Gasteiger partial charge is 0.357 e. The summed E-state index contributed by atoms with van der Waals surface area (Å²) in [6.45, 7) is 2.46. The van der Waals surface area contributed by atoms with E-state index in [9.17, 15) is 4.79 Å². The van der Waals surface area contributed by atoms with Crippen molar-refractivity contribution < 1.29 is 4.79 Å². The Morgan fingerprint density at radius 1 is 1.50 bits per heavy atom. The Balaban J connectivity index is 2.25. The van der Waals surface area contributed by atoms with Crippen LogP contribution in [0.15, 0.2) is 24.3 Å². The van der Waals surface area contributed by atoms with Gasteiger partial charge in [0.15, 0.2) is 0 Å². The highest BCUT2D eigenvalue weighted by Gasteiger charge is 2.30. The van der Waals surface area contributed by atoms with Gasteiger partial charge in [0.05, 0.1) is 0 Å². The topological polar surface area (TPSA) is 56.2 Å². The Morgan fingerprint density at radius 2 is 2.19 bits per heavy atom. The molecule has 4 nitrogen and oxygen atoms in total. The third kappa shape index (κ3) is 1.56. The van der Waals surface area contributed by atoms with E-state index in [0.29, 0.717) is 12.4 Å². The lowest BCUT2D eigenvalue weighted by molar-refractivity contribution is -0.124. The smallest absolute Gasteiger partial charge is 0.242 e. The first-order chi connectivity index (χ1) is 7.65. The van der Waals surface area contributed by atoms with Crippen LogP contribution >= 0.6 is 0 Å². The second-order valence-corrected chi connectivity index (χ2v) is 3.92. The first kappa shape index (κ1) is 10.7. The Bertz CT molecular complexity index is 442. The molecule has 84 valence electrons. The van der Waals surface area contributed by atoms with Crippen LogP contribution in [0.1, 0.15) is 18.1 Å². The van der Waals surface area contributed by atoms with Crippen molar-refractivity contribution in [1.82, 2.24) is 10.2 Å². The van der Waals surface area contributed by atoms with Gasteiger partial charge in [-0.3, -0.25) is 10.2 Å². The highest BCUT2D eigenvalue weighted by atomic mass is 16.2. The Hall–Kier alpha value is -1.84. The number of likely N-dealkylation sites (N-methyl/N-ethyl adjacent to an activating group) is 1. The van der Waals surface area contributed by atoms with Gasteiger partial charge in [0.2, 0.25) is 5.91 Å². The predicted molar refractivity (Wildman–Crippen MR) is 62.3 cm³/mol. The summed E-state index contributed by atoms with van der Waals surface area (Å²) in [6.07, 6.45) is 0. The van der Waals surface area contributed by atoms with E-state index in [1.54, 1.807) is 7.05 Å². The van der Waals surface area contributed by atoms with Gasteiger partial charge in [0.1, 0.15) is 11.9 Å². The minimum Gasteiger partial charge on any atom is -0.357 e. The number of benzene rings is 1. The summed E-state index contributed by atoms with van der Waals surface area (Å²) in [5, 5.41) is 10.6. The normalized spacial score (nSPS) is 15.9. The predicted octanol–water partition coefficient (Wildman–Crippen LogP) is 0.962. The van der Waals surface area contributed by atoms with Crippen LogP contribution in [0.2, 0.25) is 0 Å². The highest BCUT2D eigenvalue weighted by Crippen LogP contribution is 2.23. The summed E-state index contributed by atoms with van der Waals surface area (Å²) in [6, 6.07) is 7.50. The Kier molecular flexibility index (Phi) is 2.64. The lowest BCUT2D eigenvalue weighted by Gasteiger charge is -2.24. The third-order valence-electron chi connectivity index (χ3n) is 2.99. The molecule has 0 saturated heterocycles. The van der Waals surface area contributed by atoms with Crippen LogP contribution in [0, 0.1) is 5.41 Å². The summed E-state index contributed by atoms with van der Waals surface area (Å²) < 4.78 is 0. The summed E-state index contributed by atoms with van der Waals surface area (Å²) >= 11 is 0. The SMILES string of the molecule is CNC(=O)C(C)N1Cc2ccccc2C1=N. The molecule has 2 N–H and O–H groups in total. The van der Waals surface area contributed by atoms with Gasteiger partial charge in [0.25, 0.3) is 0 Å². The number of amides is 1.